The molecule has 1 aliphatic rings. The molecule has 18 heavy (non-hydrogen) atoms. The van der Waals surface area contributed by atoms with Crippen LogP contribution in [0.1, 0.15) is 45.4 Å². The minimum absolute atomic E-state index is 0.693. The summed E-state index contributed by atoms with van der Waals surface area (Å²) in [5, 5.41) is 3.73. The van der Waals surface area contributed by atoms with Gasteiger partial charge in [0, 0.05) is 12.6 Å². The molecule has 1 aliphatic heterocycles. The van der Waals surface area contributed by atoms with E-state index in [0.29, 0.717) is 6.04 Å². The van der Waals surface area contributed by atoms with E-state index in [9.17, 15) is 0 Å². The number of rotatable bonds is 9. The number of nitrogens with zero attached hydrogens (tertiary/aromatic N) is 1. The van der Waals surface area contributed by atoms with Gasteiger partial charge in [0.15, 0.2) is 0 Å². The lowest BCUT2D eigenvalue weighted by Gasteiger charge is -2.34. The van der Waals surface area contributed by atoms with Crippen molar-refractivity contribution in [1.29, 1.82) is 0 Å². The van der Waals surface area contributed by atoms with Gasteiger partial charge in [-0.05, 0) is 70.7 Å². The molecule has 0 bridgehead atoms. The molecule has 1 rings (SSSR count). The first-order valence-corrected chi connectivity index (χ1v) is 9.04. The monoisotopic (exact) mass is 272 g/mol. The van der Waals surface area contributed by atoms with Gasteiger partial charge in [-0.2, -0.15) is 11.8 Å². The Bertz CT molecular complexity index is 199. The second-order valence-electron chi connectivity index (χ2n) is 5.81. The number of likely N-dealkylation sites (tertiary alicyclic amines) is 1. The summed E-state index contributed by atoms with van der Waals surface area (Å²) in [4.78, 5) is 2.48. The van der Waals surface area contributed by atoms with Crippen molar-refractivity contribution in [1.82, 2.24) is 10.2 Å². The molecule has 3 heteroatoms. The van der Waals surface area contributed by atoms with Crippen molar-refractivity contribution in [3.05, 3.63) is 0 Å². The number of thioether (sulfide) groups is 1. The second-order valence-corrected chi connectivity index (χ2v) is 6.80. The van der Waals surface area contributed by atoms with Crippen LogP contribution >= 0.6 is 11.8 Å². The van der Waals surface area contributed by atoms with Gasteiger partial charge in [0.1, 0.15) is 0 Å². The molecule has 1 heterocycles. The SMILES string of the molecule is CSCCCCCCNC(C)C1CCCN(C)C1. The first-order valence-electron chi connectivity index (χ1n) is 7.65. The Morgan fingerprint density at radius 2 is 2.06 bits per heavy atom. The predicted molar refractivity (Wildman–Crippen MR) is 84.5 cm³/mol. The van der Waals surface area contributed by atoms with Crippen LogP contribution < -0.4 is 5.32 Å². The summed E-state index contributed by atoms with van der Waals surface area (Å²) in [6.07, 6.45) is 10.5. The third kappa shape index (κ3) is 7.01. The van der Waals surface area contributed by atoms with Crippen LogP contribution in [-0.4, -0.2) is 49.6 Å². The number of piperidine rings is 1. The Morgan fingerprint density at radius 3 is 2.78 bits per heavy atom. The Hall–Kier alpha value is 0.270. The van der Waals surface area contributed by atoms with Gasteiger partial charge in [-0.3, -0.25) is 0 Å². The van der Waals surface area contributed by atoms with E-state index in [1.165, 1.54) is 63.9 Å². The summed E-state index contributed by atoms with van der Waals surface area (Å²) < 4.78 is 0. The standard InChI is InChI=1S/C15H32N2S/c1-14(15-9-8-11-17(2)13-15)16-10-6-4-5-7-12-18-3/h14-16H,4-13H2,1-3H3. The van der Waals surface area contributed by atoms with Crippen molar-refractivity contribution in [3.8, 4) is 0 Å². The smallest absolute Gasteiger partial charge is 0.00792 e. The average Bonchev–Trinajstić information content (AvgIpc) is 2.37. The molecule has 0 aromatic heterocycles. The molecule has 0 amide bonds. The zero-order chi connectivity index (χ0) is 13.2. The quantitative estimate of drug-likeness (QED) is 0.649. The fourth-order valence-corrected chi connectivity index (χ4v) is 3.33. The normalized spacial score (nSPS) is 23.2. The van der Waals surface area contributed by atoms with E-state index in [-0.39, 0.29) is 0 Å². The van der Waals surface area contributed by atoms with Gasteiger partial charge in [0.05, 0.1) is 0 Å². The van der Waals surface area contributed by atoms with E-state index in [0.717, 1.165) is 5.92 Å². The topological polar surface area (TPSA) is 15.3 Å². The van der Waals surface area contributed by atoms with Crippen LogP contribution in [0.15, 0.2) is 0 Å². The first kappa shape index (κ1) is 16.3. The summed E-state index contributed by atoms with van der Waals surface area (Å²) in [6.45, 7) is 6.15. The van der Waals surface area contributed by atoms with Gasteiger partial charge in [-0.15, -0.1) is 0 Å². The van der Waals surface area contributed by atoms with Crippen LogP contribution in [0.5, 0.6) is 0 Å². The number of hydrogen-bond acceptors (Lipinski definition) is 3. The molecule has 0 radical (unpaired) electrons. The predicted octanol–water partition coefficient (Wildman–Crippen LogP) is 3.23. The number of nitrogens with one attached hydrogen (secondary N) is 1. The van der Waals surface area contributed by atoms with E-state index in [4.69, 9.17) is 0 Å². The molecule has 2 unspecified atom stereocenters. The van der Waals surface area contributed by atoms with Crippen LogP contribution in [0.25, 0.3) is 0 Å². The second kappa shape index (κ2) is 10.1. The highest BCUT2D eigenvalue weighted by Gasteiger charge is 2.21. The van der Waals surface area contributed by atoms with Gasteiger partial charge in [-0.25, -0.2) is 0 Å². The highest BCUT2D eigenvalue weighted by molar-refractivity contribution is 7.98. The molecule has 0 saturated carbocycles. The molecule has 2 nitrogen and oxygen atoms in total. The van der Waals surface area contributed by atoms with Gasteiger partial charge < -0.3 is 10.2 Å². The fraction of sp³-hybridized carbons (Fsp3) is 1.00. The maximum atomic E-state index is 3.73. The zero-order valence-electron chi connectivity index (χ0n) is 12.6. The Morgan fingerprint density at radius 1 is 1.28 bits per heavy atom. The van der Waals surface area contributed by atoms with Gasteiger partial charge in [0.2, 0.25) is 0 Å². The summed E-state index contributed by atoms with van der Waals surface area (Å²) >= 11 is 1.97. The van der Waals surface area contributed by atoms with Crippen LogP contribution in [0, 0.1) is 5.92 Å². The minimum atomic E-state index is 0.693. The molecule has 0 aromatic rings. The largest absolute Gasteiger partial charge is 0.314 e. The molecule has 108 valence electrons. The number of unbranched alkanes of at least 4 members (excludes halogenated alkanes) is 3. The van der Waals surface area contributed by atoms with Crippen LogP contribution in [0.3, 0.4) is 0 Å². The van der Waals surface area contributed by atoms with Crippen molar-refractivity contribution in [2.75, 3.05) is 38.7 Å². The van der Waals surface area contributed by atoms with Crippen molar-refractivity contribution in [2.45, 2.75) is 51.5 Å². The lowest BCUT2D eigenvalue weighted by atomic mass is 9.92. The van der Waals surface area contributed by atoms with Crippen LogP contribution in [0.4, 0.5) is 0 Å². The molecule has 1 saturated heterocycles. The Labute approximate surface area is 118 Å². The van der Waals surface area contributed by atoms with E-state index in [1.54, 1.807) is 0 Å². The minimum Gasteiger partial charge on any atom is -0.314 e. The summed E-state index contributed by atoms with van der Waals surface area (Å²) in [5.41, 5.74) is 0. The highest BCUT2D eigenvalue weighted by atomic mass is 32.2. The highest BCUT2D eigenvalue weighted by Crippen LogP contribution is 2.18. The third-order valence-corrected chi connectivity index (χ3v) is 4.81. The van der Waals surface area contributed by atoms with Crippen molar-refractivity contribution < 1.29 is 0 Å². The molecule has 0 aliphatic carbocycles. The lowest BCUT2D eigenvalue weighted by molar-refractivity contribution is 0.179. The van der Waals surface area contributed by atoms with Gasteiger partial charge in [-0.1, -0.05) is 12.8 Å². The Kier molecular flexibility index (Phi) is 9.16. The van der Waals surface area contributed by atoms with Crippen molar-refractivity contribution in [3.63, 3.8) is 0 Å². The summed E-state index contributed by atoms with van der Waals surface area (Å²) in [7, 11) is 2.25. The number of hydrogen-bond donors (Lipinski definition) is 1. The average molecular weight is 273 g/mol. The van der Waals surface area contributed by atoms with E-state index >= 15 is 0 Å². The Balaban J connectivity index is 1.97. The molecule has 1 N–H and O–H groups in total. The zero-order valence-corrected chi connectivity index (χ0v) is 13.4. The van der Waals surface area contributed by atoms with Gasteiger partial charge >= 0.3 is 0 Å². The molecule has 0 spiro atoms. The van der Waals surface area contributed by atoms with E-state index in [2.05, 4.69) is 30.4 Å². The third-order valence-electron chi connectivity index (χ3n) is 4.11. The maximum absolute atomic E-state index is 3.73. The maximum Gasteiger partial charge on any atom is 0.00792 e. The molecule has 2 atom stereocenters. The van der Waals surface area contributed by atoms with E-state index < -0.39 is 0 Å². The first-order chi connectivity index (χ1) is 8.74. The lowest BCUT2D eigenvalue weighted by Crippen LogP contribution is -2.43. The van der Waals surface area contributed by atoms with Crippen molar-refractivity contribution >= 4 is 11.8 Å². The molecular formula is C15H32N2S. The molecule has 0 aromatic carbocycles. The molecule has 1 fully saturated rings. The fourth-order valence-electron chi connectivity index (χ4n) is 2.84. The van der Waals surface area contributed by atoms with Crippen LogP contribution in [-0.2, 0) is 0 Å². The van der Waals surface area contributed by atoms with Crippen LogP contribution in [0.2, 0.25) is 0 Å². The van der Waals surface area contributed by atoms with Gasteiger partial charge in [0.25, 0.3) is 0 Å². The summed E-state index contributed by atoms with van der Waals surface area (Å²) in [5.74, 6) is 2.19. The summed E-state index contributed by atoms with van der Waals surface area (Å²) in [6, 6.07) is 0.693. The van der Waals surface area contributed by atoms with E-state index in [1.807, 2.05) is 11.8 Å². The molecular weight excluding hydrogens is 240 g/mol. The van der Waals surface area contributed by atoms with Crippen molar-refractivity contribution in [2.24, 2.45) is 5.92 Å².